The fourth-order valence-electron chi connectivity index (χ4n) is 6.18. The maximum Gasteiger partial charge on any atom is 0.156 e. The van der Waals surface area contributed by atoms with Gasteiger partial charge in [-0.05, 0) is 50.0 Å². The van der Waals surface area contributed by atoms with E-state index < -0.39 is 12.2 Å². The third-order valence-electron chi connectivity index (χ3n) is 7.61. The van der Waals surface area contributed by atoms with Crippen LogP contribution in [0.4, 0.5) is 0 Å². The molecule has 3 nitrogen and oxygen atoms in total. The SMILES string of the molecule is CC.CC(=O)C1=CCC2C3=CC=C4CC(O)CC(O)C4(C)C3CCC12C. The molecule has 26 heavy (non-hydrogen) atoms. The smallest absolute Gasteiger partial charge is 0.156 e. The van der Waals surface area contributed by atoms with Crippen molar-refractivity contribution in [2.45, 2.75) is 78.9 Å². The highest BCUT2D eigenvalue weighted by atomic mass is 16.3. The first-order valence-electron chi connectivity index (χ1n) is 10.3. The second-order valence-electron chi connectivity index (χ2n) is 8.72. The first-order valence-corrected chi connectivity index (χ1v) is 10.3. The zero-order valence-electron chi connectivity index (χ0n) is 16.9. The van der Waals surface area contributed by atoms with Crippen molar-refractivity contribution in [2.24, 2.45) is 22.7 Å². The Hall–Kier alpha value is -1.19. The summed E-state index contributed by atoms with van der Waals surface area (Å²) in [6, 6.07) is 0. The quantitative estimate of drug-likeness (QED) is 0.732. The maximum absolute atomic E-state index is 12.1. The molecule has 2 saturated carbocycles. The average Bonchev–Trinajstić information content (AvgIpc) is 2.95. The zero-order valence-corrected chi connectivity index (χ0v) is 16.9. The van der Waals surface area contributed by atoms with E-state index in [-0.39, 0.29) is 16.6 Å². The van der Waals surface area contributed by atoms with Gasteiger partial charge in [-0.3, -0.25) is 4.79 Å². The number of carbonyl (C=O) groups is 1. The molecule has 4 rings (SSSR count). The number of hydrogen-bond acceptors (Lipinski definition) is 3. The van der Waals surface area contributed by atoms with Gasteiger partial charge in [0.25, 0.3) is 0 Å². The lowest BCUT2D eigenvalue weighted by molar-refractivity contribution is -0.115. The molecule has 0 aromatic carbocycles. The van der Waals surface area contributed by atoms with E-state index in [1.165, 1.54) is 11.1 Å². The molecule has 4 aliphatic rings. The molecule has 0 saturated heterocycles. The molecule has 3 heteroatoms. The van der Waals surface area contributed by atoms with E-state index in [0.717, 1.165) is 24.8 Å². The summed E-state index contributed by atoms with van der Waals surface area (Å²) in [7, 11) is 0. The molecule has 0 aromatic heterocycles. The van der Waals surface area contributed by atoms with Crippen molar-refractivity contribution in [1.29, 1.82) is 0 Å². The minimum Gasteiger partial charge on any atom is -0.393 e. The van der Waals surface area contributed by atoms with Gasteiger partial charge in [0, 0.05) is 17.3 Å². The highest BCUT2D eigenvalue weighted by Crippen LogP contribution is 2.63. The van der Waals surface area contributed by atoms with E-state index in [9.17, 15) is 15.0 Å². The molecule has 0 spiro atoms. The Labute approximate surface area is 157 Å². The van der Waals surface area contributed by atoms with Gasteiger partial charge in [0.05, 0.1) is 12.2 Å². The Morgan fingerprint density at radius 1 is 1.15 bits per heavy atom. The normalized spacial score (nSPS) is 43.6. The number of rotatable bonds is 1. The molecule has 4 aliphatic carbocycles. The van der Waals surface area contributed by atoms with Crippen LogP contribution in [-0.2, 0) is 4.79 Å². The van der Waals surface area contributed by atoms with Gasteiger partial charge in [-0.1, -0.05) is 57.1 Å². The van der Waals surface area contributed by atoms with Crippen LogP contribution >= 0.6 is 0 Å². The van der Waals surface area contributed by atoms with Gasteiger partial charge in [-0.2, -0.15) is 0 Å². The summed E-state index contributed by atoms with van der Waals surface area (Å²) < 4.78 is 0. The first-order chi connectivity index (χ1) is 12.3. The maximum atomic E-state index is 12.1. The van der Waals surface area contributed by atoms with Gasteiger partial charge in [0.15, 0.2) is 5.78 Å². The molecule has 2 N–H and O–H groups in total. The van der Waals surface area contributed by atoms with Crippen LogP contribution in [0.2, 0.25) is 0 Å². The van der Waals surface area contributed by atoms with Crippen molar-refractivity contribution in [2.75, 3.05) is 0 Å². The van der Waals surface area contributed by atoms with E-state index in [4.69, 9.17) is 0 Å². The van der Waals surface area contributed by atoms with Crippen molar-refractivity contribution >= 4 is 5.78 Å². The van der Waals surface area contributed by atoms with E-state index in [1.807, 2.05) is 13.8 Å². The third kappa shape index (κ3) is 2.58. The summed E-state index contributed by atoms with van der Waals surface area (Å²) >= 11 is 0. The minimum absolute atomic E-state index is 0.0466. The predicted octanol–water partition coefficient (Wildman–Crippen LogP) is 4.35. The monoisotopic (exact) mass is 358 g/mol. The minimum atomic E-state index is -0.493. The van der Waals surface area contributed by atoms with Gasteiger partial charge >= 0.3 is 0 Å². The summed E-state index contributed by atoms with van der Waals surface area (Å²) in [6.07, 6.45) is 9.70. The summed E-state index contributed by atoms with van der Waals surface area (Å²) in [4.78, 5) is 12.1. The van der Waals surface area contributed by atoms with Crippen LogP contribution in [-0.4, -0.2) is 28.2 Å². The van der Waals surface area contributed by atoms with E-state index >= 15 is 0 Å². The van der Waals surface area contributed by atoms with Crippen LogP contribution in [0.1, 0.15) is 66.7 Å². The van der Waals surface area contributed by atoms with Crippen molar-refractivity contribution in [3.05, 3.63) is 34.9 Å². The van der Waals surface area contributed by atoms with E-state index in [2.05, 4.69) is 32.1 Å². The molecule has 2 fully saturated rings. The molecule has 0 bridgehead atoms. The molecule has 0 radical (unpaired) electrons. The Morgan fingerprint density at radius 3 is 2.50 bits per heavy atom. The summed E-state index contributed by atoms with van der Waals surface area (Å²) in [5.74, 6) is 0.916. The number of fused-ring (bicyclic) bond motifs is 5. The number of carbonyl (C=O) groups excluding carboxylic acids is 1. The molecule has 144 valence electrons. The van der Waals surface area contributed by atoms with Crippen molar-refractivity contribution in [1.82, 2.24) is 0 Å². The van der Waals surface area contributed by atoms with Crippen LogP contribution in [0.25, 0.3) is 0 Å². The van der Waals surface area contributed by atoms with Crippen LogP contribution in [0.5, 0.6) is 0 Å². The Bertz CT molecular complexity index is 686. The second-order valence-corrected chi connectivity index (χ2v) is 8.72. The average molecular weight is 359 g/mol. The highest BCUT2D eigenvalue weighted by Gasteiger charge is 2.57. The lowest BCUT2D eigenvalue weighted by Gasteiger charge is -2.55. The van der Waals surface area contributed by atoms with Crippen LogP contribution in [0.15, 0.2) is 34.9 Å². The zero-order chi connectivity index (χ0) is 19.3. The number of ketones is 1. The lowest BCUT2D eigenvalue weighted by Crippen LogP contribution is -2.52. The van der Waals surface area contributed by atoms with Crippen LogP contribution in [0, 0.1) is 22.7 Å². The fourth-order valence-corrected chi connectivity index (χ4v) is 6.18. The summed E-state index contributed by atoms with van der Waals surface area (Å²) in [5.41, 5.74) is 3.31. The molecule has 0 amide bonds. The summed E-state index contributed by atoms with van der Waals surface area (Å²) in [6.45, 7) is 10.1. The third-order valence-corrected chi connectivity index (χ3v) is 7.61. The molecular weight excluding hydrogens is 324 g/mol. The second kappa shape index (κ2) is 6.76. The van der Waals surface area contributed by atoms with Crippen molar-refractivity contribution < 1.29 is 15.0 Å². The van der Waals surface area contributed by atoms with Gasteiger partial charge in [-0.25, -0.2) is 0 Å². The largest absolute Gasteiger partial charge is 0.393 e. The highest BCUT2D eigenvalue weighted by molar-refractivity contribution is 5.95. The number of Topliss-reactive ketones (excluding diaryl/α,β-unsaturated/α-hetero) is 1. The molecule has 0 heterocycles. The molecule has 0 aromatic rings. The molecule has 6 atom stereocenters. The van der Waals surface area contributed by atoms with Crippen LogP contribution in [0.3, 0.4) is 0 Å². The number of allylic oxidation sites excluding steroid dienone is 5. The first kappa shape index (κ1) is 19.6. The Balaban J connectivity index is 0.000000948. The van der Waals surface area contributed by atoms with Gasteiger partial charge in [0.1, 0.15) is 0 Å². The Morgan fingerprint density at radius 2 is 1.85 bits per heavy atom. The number of aliphatic hydroxyl groups is 2. The topological polar surface area (TPSA) is 57.5 Å². The molecule has 6 unspecified atom stereocenters. The van der Waals surface area contributed by atoms with Gasteiger partial charge in [0.2, 0.25) is 0 Å². The molecule has 0 aliphatic heterocycles. The standard InChI is InChI=1S/C21H28O3.C2H6/c1-12(22)16-6-7-17-15-5-4-13-10-14(23)11-19(24)21(13,3)18(15)8-9-20(16,17)2;1-2/h4-6,14,17-19,23-24H,7-11H2,1-3H3;1-2H3. The molecular formula is C23H34O3. The van der Waals surface area contributed by atoms with Crippen LogP contribution < -0.4 is 0 Å². The van der Waals surface area contributed by atoms with E-state index in [0.29, 0.717) is 24.7 Å². The van der Waals surface area contributed by atoms with Crippen molar-refractivity contribution in [3.8, 4) is 0 Å². The van der Waals surface area contributed by atoms with Gasteiger partial charge < -0.3 is 10.2 Å². The number of aliphatic hydroxyl groups excluding tert-OH is 2. The van der Waals surface area contributed by atoms with E-state index in [1.54, 1.807) is 6.92 Å². The number of hydrogen-bond donors (Lipinski definition) is 2. The predicted molar refractivity (Wildman–Crippen MR) is 105 cm³/mol. The summed E-state index contributed by atoms with van der Waals surface area (Å²) in [5, 5.41) is 20.9. The van der Waals surface area contributed by atoms with Crippen molar-refractivity contribution in [3.63, 3.8) is 0 Å². The van der Waals surface area contributed by atoms with Gasteiger partial charge in [-0.15, -0.1) is 0 Å². The fraction of sp³-hybridized carbons (Fsp3) is 0.696. The Kier molecular flexibility index (Phi) is 5.09. The lowest BCUT2D eigenvalue weighted by atomic mass is 9.49.